The Morgan fingerprint density at radius 1 is 1.20 bits per heavy atom. The predicted octanol–water partition coefficient (Wildman–Crippen LogP) is 4.26. The van der Waals surface area contributed by atoms with Crippen molar-refractivity contribution in [2.24, 2.45) is 0 Å². The Bertz CT molecular complexity index is 614. The van der Waals surface area contributed by atoms with Crippen LogP contribution in [0.5, 0.6) is 5.75 Å². The van der Waals surface area contributed by atoms with Crippen LogP contribution >= 0.6 is 11.6 Å². The van der Waals surface area contributed by atoms with Crippen molar-refractivity contribution in [3.63, 3.8) is 0 Å². The van der Waals surface area contributed by atoms with Gasteiger partial charge in [-0.15, -0.1) is 0 Å². The summed E-state index contributed by atoms with van der Waals surface area (Å²) in [6.07, 6.45) is 0.705. The van der Waals surface area contributed by atoms with Gasteiger partial charge in [-0.1, -0.05) is 23.7 Å². The fraction of sp³-hybridized carbons (Fsp3) is 0.250. The van der Waals surface area contributed by atoms with Gasteiger partial charge in [0.1, 0.15) is 17.7 Å². The van der Waals surface area contributed by atoms with E-state index in [1.807, 2.05) is 31.3 Å². The summed E-state index contributed by atoms with van der Waals surface area (Å²) in [6.45, 7) is 0. The van der Waals surface area contributed by atoms with Gasteiger partial charge in [-0.3, -0.25) is 0 Å². The number of halogens is 2. The Morgan fingerprint density at radius 2 is 1.95 bits per heavy atom. The van der Waals surface area contributed by atoms with Gasteiger partial charge in [-0.2, -0.15) is 0 Å². The first-order chi connectivity index (χ1) is 9.67. The third-order valence-electron chi connectivity index (χ3n) is 3.66. The average Bonchev–Trinajstić information content (AvgIpc) is 2.47. The number of rotatable bonds is 2. The third kappa shape index (κ3) is 2.51. The minimum absolute atomic E-state index is 0.0531. The molecule has 4 heteroatoms. The largest absolute Gasteiger partial charge is 0.485 e. The summed E-state index contributed by atoms with van der Waals surface area (Å²) in [7, 11) is 1.88. The van der Waals surface area contributed by atoms with Crippen LogP contribution in [0.4, 0.5) is 4.39 Å². The van der Waals surface area contributed by atoms with Gasteiger partial charge in [0.25, 0.3) is 0 Å². The highest BCUT2D eigenvalue weighted by atomic mass is 35.5. The molecule has 0 saturated carbocycles. The molecule has 0 bridgehead atoms. The molecule has 0 saturated heterocycles. The Balaban J connectivity index is 1.94. The lowest BCUT2D eigenvalue weighted by Crippen LogP contribution is -2.26. The van der Waals surface area contributed by atoms with E-state index in [0.717, 1.165) is 23.3 Å². The molecule has 2 nitrogen and oxygen atoms in total. The van der Waals surface area contributed by atoms with Gasteiger partial charge in [0, 0.05) is 23.0 Å². The Hall–Kier alpha value is -1.58. The van der Waals surface area contributed by atoms with Crippen LogP contribution in [-0.2, 0) is 0 Å². The van der Waals surface area contributed by atoms with E-state index in [4.69, 9.17) is 16.3 Å². The highest BCUT2D eigenvalue weighted by Gasteiger charge is 2.28. The van der Waals surface area contributed by atoms with E-state index in [2.05, 4.69) is 5.32 Å². The molecule has 0 fully saturated rings. The fourth-order valence-electron chi connectivity index (χ4n) is 2.60. The quantitative estimate of drug-likeness (QED) is 0.892. The second kappa shape index (κ2) is 5.43. The molecule has 0 amide bonds. The Labute approximate surface area is 122 Å². The van der Waals surface area contributed by atoms with Crippen LogP contribution in [0.15, 0.2) is 42.5 Å². The van der Waals surface area contributed by atoms with E-state index in [9.17, 15) is 4.39 Å². The molecule has 2 aromatic rings. The smallest absolute Gasteiger partial charge is 0.126 e. The zero-order valence-corrected chi connectivity index (χ0v) is 11.8. The summed E-state index contributed by atoms with van der Waals surface area (Å²) in [4.78, 5) is 0. The third-order valence-corrected chi connectivity index (χ3v) is 3.91. The number of benzene rings is 2. The second-order valence-electron chi connectivity index (χ2n) is 4.92. The van der Waals surface area contributed by atoms with Crippen molar-refractivity contribution >= 4 is 11.6 Å². The van der Waals surface area contributed by atoms with E-state index < -0.39 is 0 Å². The molecule has 0 radical (unpaired) electrons. The minimum Gasteiger partial charge on any atom is -0.485 e. The minimum atomic E-state index is -0.238. The van der Waals surface area contributed by atoms with Crippen LogP contribution < -0.4 is 10.1 Å². The van der Waals surface area contributed by atoms with E-state index in [0.29, 0.717) is 5.02 Å². The van der Waals surface area contributed by atoms with Crippen molar-refractivity contribution in [2.45, 2.75) is 18.6 Å². The SMILES string of the molecule is CNC1CC(c2ccc(Cl)cc2)Oc2ccc(F)cc21. The van der Waals surface area contributed by atoms with Crippen LogP contribution in [0.2, 0.25) is 5.02 Å². The van der Waals surface area contributed by atoms with Crippen molar-refractivity contribution in [2.75, 3.05) is 7.05 Å². The molecule has 2 atom stereocenters. The van der Waals surface area contributed by atoms with Crippen molar-refractivity contribution in [3.8, 4) is 5.75 Å². The van der Waals surface area contributed by atoms with E-state index in [-0.39, 0.29) is 18.0 Å². The maximum absolute atomic E-state index is 13.4. The molecule has 2 unspecified atom stereocenters. The van der Waals surface area contributed by atoms with Gasteiger partial charge in [0.2, 0.25) is 0 Å². The molecule has 1 N–H and O–H groups in total. The van der Waals surface area contributed by atoms with Gasteiger partial charge >= 0.3 is 0 Å². The molecule has 2 aromatic carbocycles. The van der Waals surface area contributed by atoms with Crippen molar-refractivity contribution < 1.29 is 9.13 Å². The topological polar surface area (TPSA) is 21.3 Å². The van der Waals surface area contributed by atoms with Crippen LogP contribution in [-0.4, -0.2) is 7.05 Å². The van der Waals surface area contributed by atoms with Gasteiger partial charge < -0.3 is 10.1 Å². The standard InChI is InChI=1S/C16H15ClFNO/c1-19-14-9-16(10-2-4-11(17)5-3-10)20-15-7-6-12(18)8-13(14)15/h2-8,14,16,19H,9H2,1H3. The molecular formula is C16H15ClFNO. The van der Waals surface area contributed by atoms with Crippen molar-refractivity contribution in [1.29, 1.82) is 0 Å². The Kier molecular flexibility index (Phi) is 3.64. The summed E-state index contributed by atoms with van der Waals surface area (Å²) in [5, 5.41) is 3.93. The molecule has 0 aliphatic carbocycles. The monoisotopic (exact) mass is 291 g/mol. The molecule has 104 valence electrons. The van der Waals surface area contributed by atoms with E-state index in [1.54, 1.807) is 6.07 Å². The summed E-state index contributed by atoms with van der Waals surface area (Å²) < 4.78 is 19.4. The summed E-state index contributed by atoms with van der Waals surface area (Å²) in [5.41, 5.74) is 1.95. The maximum Gasteiger partial charge on any atom is 0.126 e. The molecule has 20 heavy (non-hydrogen) atoms. The number of hydrogen-bond donors (Lipinski definition) is 1. The predicted molar refractivity (Wildman–Crippen MR) is 77.6 cm³/mol. The van der Waals surface area contributed by atoms with Crippen LogP contribution in [0, 0.1) is 5.82 Å². The molecule has 1 heterocycles. The molecular weight excluding hydrogens is 277 g/mol. The number of fused-ring (bicyclic) bond motifs is 1. The first-order valence-electron chi connectivity index (χ1n) is 6.56. The number of ether oxygens (including phenoxy) is 1. The maximum atomic E-state index is 13.4. The molecule has 0 aromatic heterocycles. The number of hydrogen-bond acceptors (Lipinski definition) is 2. The zero-order chi connectivity index (χ0) is 14.1. The first kappa shape index (κ1) is 13.4. The second-order valence-corrected chi connectivity index (χ2v) is 5.35. The van der Waals surface area contributed by atoms with Gasteiger partial charge in [0.15, 0.2) is 0 Å². The van der Waals surface area contributed by atoms with Gasteiger partial charge in [-0.25, -0.2) is 4.39 Å². The van der Waals surface area contributed by atoms with E-state index in [1.165, 1.54) is 12.1 Å². The van der Waals surface area contributed by atoms with Crippen LogP contribution in [0.1, 0.15) is 29.7 Å². The van der Waals surface area contributed by atoms with Crippen molar-refractivity contribution in [3.05, 3.63) is 64.4 Å². The van der Waals surface area contributed by atoms with Gasteiger partial charge in [-0.05, 0) is 42.9 Å². The van der Waals surface area contributed by atoms with Crippen LogP contribution in [0.25, 0.3) is 0 Å². The number of nitrogens with one attached hydrogen (secondary N) is 1. The zero-order valence-electron chi connectivity index (χ0n) is 11.1. The lowest BCUT2D eigenvalue weighted by atomic mass is 9.93. The van der Waals surface area contributed by atoms with Crippen LogP contribution in [0.3, 0.4) is 0 Å². The summed E-state index contributed by atoms with van der Waals surface area (Å²) in [6, 6.07) is 12.4. The fourth-order valence-corrected chi connectivity index (χ4v) is 2.72. The molecule has 0 spiro atoms. The highest BCUT2D eigenvalue weighted by Crippen LogP contribution is 2.40. The normalized spacial score (nSPS) is 21.1. The van der Waals surface area contributed by atoms with E-state index >= 15 is 0 Å². The summed E-state index contributed by atoms with van der Waals surface area (Å²) >= 11 is 5.91. The molecule has 1 aliphatic rings. The Morgan fingerprint density at radius 3 is 2.65 bits per heavy atom. The summed E-state index contributed by atoms with van der Waals surface area (Å²) in [5.74, 6) is 0.495. The first-order valence-corrected chi connectivity index (χ1v) is 6.94. The lowest BCUT2D eigenvalue weighted by Gasteiger charge is -2.32. The molecule has 1 aliphatic heterocycles. The highest BCUT2D eigenvalue weighted by molar-refractivity contribution is 6.30. The average molecular weight is 292 g/mol. The van der Waals surface area contributed by atoms with Crippen molar-refractivity contribution in [1.82, 2.24) is 5.32 Å². The lowest BCUT2D eigenvalue weighted by molar-refractivity contribution is 0.153. The van der Waals surface area contributed by atoms with Gasteiger partial charge in [0.05, 0.1) is 0 Å². The molecule has 3 rings (SSSR count).